The molecule has 0 bridgehead atoms. The third kappa shape index (κ3) is 4.18. The van der Waals surface area contributed by atoms with Crippen LogP contribution in [0.1, 0.15) is 73.2 Å². The number of rotatable bonds is 5. The highest BCUT2D eigenvalue weighted by molar-refractivity contribution is 5.95. The molecule has 1 amide bonds. The van der Waals surface area contributed by atoms with E-state index in [-0.39, 0.29) is 17.6 Å². The largest absolute Gasteiger partial charge is 0.382 e. The van der Waals surface area contributed by atoms with Gasteiger partial charge in [0.1, 0.15) is 5.60 Å². The summed E-state index contributed by atoms with van der Waals surface area (Å²) in [6.07, 6.45) is 7.80. The van der Waals surface area contributed by atoms with Crippen molar-refractivity contribution in [2.45, 2.75) is 62.9 Å². The van der Waals surface area contributed by atoms with E-state index in [1.165, 1.54) is 36.8 Å². The van der Waals surface area contributed by atoms with Crippen molar-refractivity contribution in [1.82, 2.24) is 4.90 Å². The Morgan fingerprint density at radius 2 is 1.35 bits per heavy atom. The third-order valence-electron chi connectivity index (χ3n) is 7.54. The highest BCUT2D eigenvalue weighted by atomic mass is 16.3. The third-order valence-corrected chi connectivity index (χ3v) is 7.54. The van der Waals surface area contributed by atoms with E-state index in [0.717, 1.165) is 11.5 Å². The summed E-state index contributed by atoms with van der Waals surface area (Å²) in [6.45, 7) is 1.16. The molecule has 2 aliphatic carbocycles. The van der Waals surface area contributed by atoms with Gasteiger partial charge in [0.05, 0.1) is 0 Å². The van der Waals surface area contributed by atoms with Crippen LogP contribution < -0.4 is 0 Å². The van der Waals surface area contributed by atoms with Crippen molar-refractivity contribution >= 4 is 11.7 Å². The van der Waals surface area contributed by atoms with E-state index in [2.05, 4.69) is 24.3 Å². The number of piperidine rings is 1. The van der Waals surface area contributed by atoms with E-state index in [0.29, 0.717) is 44.3 Å². The number of ketones is 1. The Morgan fingerprint density at radius 3 is 1.90 bits per heavy atom. The molecule has 1 N–H and O–H groups in total. The summed E-state index contributed by atoms with van der Waals surface area (Å²) >= 11 is 0. The maximum atomic E-state index is 12.9. The lowest BCUT2D eigenvalue weighted by atomic mass is 9.88. The molecule has 0 radical (unpaired) electrons. The maximum Gasteiger partial charge on any atom is 0.253 e. The van der Waals surface area contributed by atoms with Crippen molar-refractivity contribution in [2.75, 3.05) is 13.1 Å². The lowest BCUT2D eigenvalue weighted by Gasteiger charge is -2.32. The first-order valence-electron chi connectivity index (χ1n) is 11.8. The van der Waals surface area contributed by atoms with Gasteiger partial charge < -0.3 is 10.0 Å². The van der Waals surface area contributed by atoms with Gasteiger partial charge >= 0.3 is 0 Å². The number of Topliss-reactive ketones (excluding diaryl/α,β-unsaturated/α-hetero) is 1. The zero-order chi connectivity index (χ0) is 21.4. The molecule has 3 fully saturated rings. The number of carbonyl (C=O) groups is 2. The Bertz CT molecular complexity index is 945. The van der Waals surface area contributed by atoms with Crippen LogP contribution in [0.3, 0.4) is 0 Å². The van der Waals surface area contributed by atoms with Crippen molar-refractivity contribution in [3.63, 3.8) is 0 Å². The van der Waals surface area contributed by atoms with E-state index in [9.17, 15) is 14.7 Å². The van der Waals surface area contributed by atoms with E-state index >= 15 is 0 Å². The van der Waals surface area contributed by atoms with E-state index in [1.54, 1.807) is 0 Å². The molecule has 0 unspecified atom stereocenters. The summed E-state index contributed by atoms with van der Waals surface area (Å²) < 4.78 is 0. The van der Waals surface area contributed by atoms with Crippen LogP contribution in [0.25, 0.3) is 11.1 Å². The van der Waals surface area contributed by atoms with Crippen molar-refractivity contribution in [3.8, 4) is 11.1 Å². The summed E-state index contributed by atoms with van der Waals surface area (Å²) in [7, 11) is 0. The van der Waals surface area contributed by atoms with Crippen molar-refractivity contribution < 1.29 is 14.7 Å². The predicted octanol–water partition coefficient (Wildman–Crippen LogP) is 4.96. The molecule has 4 heteroatoms. The molecule has 0 atom stereocenters. The number of amides is 1. The first kappa shape index (κ1) is 20.4. The summed E-state index contributed by atoms with van der Waals surface area (Å²) in [6, 6.07) is 16.8. The number of benzene rings is 2. The number of hydrogen-bond donors (Lipinski definition) is 1. The fourth-order valence-electron chi connectivity index (χ4n) is 5.28. The number of likely N-dealkylation sites (tertiary alicyclic amines) is 1. The van der Waals surface area contributed by atoms with Gasteiger partial charge in [-0.15, -0.1) is 0 Å². The van der Waals surface area contributed by atoms with Crippen molar-refractivity contribution in [2.24, 2.45) is 5.92 Å². The van der Waals surface area contributed by atoms with Gasteiger partial charge in [0.15, 0.2) is 5.78 Å². The Balaban J connectivity index is 1.20. The van der Waals surface area contributed by atoms with Gasteiger partial charge in [-0.25, -0.2) is 0 Å². The van der Waals surface area contributed by atoms with Crippen LogP contribution in [0, 0.1) is 5.92 Å². The van der Waals surface area contributed by atoms with E-state index in [4.69, 9.17) is 0 Å². The lowest BCUT2D eigenvalue weighted by Crippen LogP contribution is -2.42. The Hall–Kier alpha value is -2.46. The van der Waals surface area contributed by atoms with Crippen molar-refractivity contribution in [3.05, 3.63) is 59.7 Å². The maximum absolute atomic E-state index is 12.9. The summed E-state index contributed by atoms with van der Waals surface area (Å²) in [4.78, 5) is 27.1. The summed E-state index contributed by atoms with van der Waals surface area (Å²) in [5.41, 5.74) is 3.39. The highest BCUT2D eigenvalue weighted by Crippen LogP contribution is 2.40. The number of aliphatic hydroxyl groups is 1. The summed E-state index contributed by atoms with van der Waals surface area (Å²) in [5.74, 6) is 0.633. The predicted molar refractivity (Wildman–Crippen MR) is 121 cm³/mol. The molecule has 31 heavy (non-hydrogen) atoms. The molecule has 1 aliphatic heterocycles. The Labute approximate surface area is 184 Å². The molecule has 1 saturated heterocycles. The Kier molecular flexibility index (Phi) is 5.43. The van der Waals surface area contributed by atoms with Gasteiger partial charge in [-0.2, -0.15) is 0 Å². The second-order valence-corrected chi connectivity index (χ2v) is 9.64. The number of hydrogen-bond acceptors (Lipinski definition) is 3. The van der Waals surface area contributed by atoms with Gasteiger partial charge in [0.2, 0.25) is 0 Å². The van der Waals surface area contributed by atoms with Gasteiger partial charge in [-0.3, -0.25) is 9.59 Å². The standard InChI is InChI=1S/C27H31NO3/c29-25(27(31)15-16-27)23-13-17-28(18-14-23)26(30)24-11-9-22(10-12-24)21-7-5-20(6-8-21)19-3-1-2-4-19/h5-12,19,23,31H,1-4,13-18H2. The molecule has 4 nitrogen and oxygen atoms in total. The SMILES string of the molecule is O=C(c1ccc(-c2ccc(C3CCCC3)cc2)cc1)N1CCC(C(=O)C2(O)CC2)CC1. The molecule has 1 heterocycles. The van der Waals surface area contributed by atoms with Crippen LogP contribution >= 0.6 is 0 Å². The number of nitrogens with zero attached hydrogens (tertiary/aromatic N) is 1. The molecular weight excluding hydrogens is 386 g/mol. The average molecular weight is 418 g/mol. The fraction of sp³-hybridized carbons (Fsp3) is 0.481. The minimum atomic E-state index is -1.05. The minimum absolute atomic E-state index is 0.0112. The number of carbonyl (C=O) groups excluding carboxylic acids is 2. The second kappa shape index (κ2) is 8.23. The zero-order valence-electron chi connectivity index (χ0n) is 18.1. The normalized spacial score (nSPS) is 21.3. The molecule has 2 aromatic rings. The molecule has 2 aromatic carbocycles. The highest BCUT2D eigenvalue weighted by Gasteiger charge is 2.50. The van der Waals surface area contributed by atoms with Crippen LogP contribution in [0.5, 0.6) is 0 Å². The first-order valence-corrected chi connectivity index (χ1v) is 11.8. The molecular formula is C27H31NO3. The molecule has 3 aliphatic rings. The Morgan fingerprint density at radius 1 is 0.806 bits per heavy atom. The molecule has 162 valence electrons. The van der Waals surface area contributed by atoms with Crippen LogP contribution in [-0.4, -0.2) is 40.4 Å². The first-order chi connectivity index (χ1) is 15.0. The molecule has 5 rings (SSSR count). The van der Waals surface area contributed by atoms with Gasteiger partial charge in [0.25, 0.3) is 5.91 Å². The van der Waals surface area contributed by atoms with Crippen LogP contribution in [0.4, 0.5) is 0 Å². The zero-order valence-corrected chi connectivity index (χ0v) is 18.1. The molecule has 2 saturated carbocycles. The summed E-state index contributed by atoms with van der Waals surface area (Å²) in [5, 5.41) is 10.1. The van der Waals surface area contributed by atoms with E-state index < -0.39 is 5.60 Å². The van der Waals surface area contributed by atoms with Crippen molar-refractivity contribution in [1.29, 1.82) is 0 Å². The monoisotopic (exact) mass is 417 g/mol. The topological polar surface area (TPSA) is 57.6 Å². The average Bonchev–Trinajstić information content (AvgIpc) is 3.34. The van der Waals surface area contributed by atoms with Gasteiger partial charge in [-0.05, 0) is 73.3 Å². The van der Waals surface area contributed by atoms with Crippen LogP contribution in [-0.2, 0) is 4.79 Å². The lowest BCUT2D eigenvalue weighted by molar-refractivity contribution is -0.134. The molecule has 0 aromatic heterocycles. The smallest absolute Gasteiger partial charge is 0.253 e. The fourth-order valence-corrected chi connectivity index (χ4v) is 5.28. The minimum Gasteiger partial charge on any atom is -0.382 e. The molecule has 0 spiro atoms. The van der Waals surface area contributed by atoms with Crippen LogP contribution in [0.15, 0.2) is 48.5 Å². The second-order valence-electron chi connectivity index (χ2n) is 9.64. The van der Waals surface area contributed by atoms with Gasteiger partial charge in [0, 0.05) is 24.6 Å². The van der Waals surface area contributed by atoms with Crippen LogP contribution in [0.2, 0.25) is 0 Å². The quantitative estimate of drug-likeness (QED) is 0.748. The van der Waals surface area contributed by atoms with E-state index in [1.807, 2.05) is 29.2 Å². The van der Waals surface area contributed by atoms with Gasteiger partial charge in [-0.1, -0.05) is 49.2 Å².